The Morgan fingerprint density at radius 3 is 2.50 bits per heavy atom. The summed E-state index contributed by atoms with van der Waals surface area (Å²) in [6.45, 7) is 5.78. The van der Waals surface area contributed by atoms with Crippen LogP contribution in [0.25, 0.3) is 10.9 Å². The van der Waals surface area contributed by atoms with Crippen LogP contribution < -0.4 is 10.9 Å². The number of nitrogens with one attached hydrogen (secondary N) is 1. The molecule has 3 aromatic rings. The molecule has 4 heteroatoms. The number of rotatable bonds is 8. The predicted octanol–water partition coefficient (Wildman–Crippen LogP) is 4.09. The summed E-state index contributed by atoms with van der Waals surface area (Å²) in [5.74, 6) is 0.853. The SMILES string of the molecule is CCCn1c([C@H](CC)NCCc2ccccc2)nc2ccccc2c1=O. The lowest BCUT2D eigenvalue weighted by atomic mass is 10.1. The van der Waals surface area contributed by atoms with Gasteiger partial charge in [-0.15, -0.1) is 0 Å². The minimum Gasteiger partial charge on any atom is -0.307 e. The first kappa shape index (κ1) is 18.3. The molecule has 0 unspecified atom stereocenters. The van der Waals surface area contributed by atoms with E-state index in [1.165, 1.54) is 5.56 Å². The van der Waals surface area contributed by atoms with Crippen LogP contribution in [0.2, 0.25) is 0 Å². The third-order valence-electron chi connectivity index (χ3n) is 4.71. The van der Waals surface area contributed by atoms with Crippen LogP contribution in [-0.4, -0.2) is 16.1 Å². The summed E-state index contributed by atoms with van der Waals surface area (Å²) in [6.07, 6.45) is 2.76. The molecule has 26 heavy (non-hydrogen) atoms. The Balaban J connectivity index is 1.87. The summed E-state index contributed by atoms with van der Waals surface area (Å²) in [6, 6.07) is 18.2. The van der Waals surface area contributed by atoms with Gasteiger partial charge in [-0.05, 0) is 43.5 Å². The Bertz CT molecular complexity index is 902. The van der Waals surface area contributed by atoms with Gasteiger partial charge in [0.2, 0.25) is 0 Å². The Labute approximate surface area is 154 Å². The molecular formula is C22H27N3O. The Kier molecular flexibility index (Phi) is 6.18. The zero-order chi connectivity index (χ0) is 18.4. The molecule has 0 radical (unpaired) electrons. The molecule has 0 amide bonds. The van der Waals surface area contributed by atoms with Crippen molar-refractivity contribution in [3.8, 4) is 0 Å². The van der Waals surface area contributed by atoms with E-state index in [1.807, 2.05) is 34.9 Å². The number of hydrogen-bond acceptors (Lipinski definition) is 3. The number of nitrogens with zero attached hydrogens (tertiary/aromatic N) is 2. The Hall–Kier alpha value is -2.46. The topological polar surface area (TPSA) is 46.9 Å². The van der Waals surface area contributed by atoms with Gasteiger partial charge in [0.05, 0.1) is 16.9 Å². The molecule has 4 nitrogen and oxygen atoms in total. The number of benzene rings is 2. The van der Waals surface area contributed by atoms with Gasteiger partial charge >= 0.3 is 0 Å². The van der Waals surface area contributed by atoms with Crippen molar-refractivity contribution in [1.82, 2.24) is 14.9 Å². The van der Waals surface area contributed by atoms with E-state index in [9.17, 15) is 4.79 Å². The maximum atomic E-state index is 13.0. The third kappa shape index (κ3) is 4.02. The summed E-state index contributed by atoms with van der Waals surface area (Å²) < 4.78 is 1.85. The van der Waals surface area contributed by atoms with Gasteiger partial charge in [-0.1, -0.05) is 56.3 Å². The van der Waals surface area contributed by atoms with Crippen molar-refractivity contribution in [3.63, 3.8) is 0 Å². The monoisotopic (exact) mass is 349 g/mol. The first-order valence-electron chi connectivity index (χ1n) is 9.51. The number of para-hydroxylation sites is 1. The van der Waals surface area contributed by atoms with Crippen LogP contribution in [0.5, 0.6) is 0 Å². The highest BCUT2D eigenvalue weighted by Crippen LogP contribution is 2.17. The maximum Gasteiger partial charge on any atom is 0.261 e. The quantitative estimate of drug-likeness (QED) is 0.666. The van der Waals surface area contributed by atoms with Gasteiger partial charge in [0.1, 0.15) is 5.82 Å². The van der Waals surface area contributed by atoms with Crippen molar-refractivity contribution >= 4 is 10.9 Å². The van der Waals surface area contributed by atoms with Crippen molar-refractivity contribution in [1.29, 1.82) is 0 Å². The lowest BCUT2D eigenvalue weighted by Crippen LogP contribution is -2.33. The molecule has 1 heterocycles. The minimum absolute atomic E-state index is 0.0655. The van der Waals surface area contributed by atoms with Crippen LogP contribution in [-0.2, 0) is 13.0 Å². The smallest absolute Gasteiger partial charge is 0.261 e. The van der Waals surface area contributed by atoms with E-state index >= 15 is 0 Å². The fourth-order valence-electron chi connectivity index (χ4n) is 3.34. The van der Waals surface area contributed by atoms with Crippen molar-refractivity contribution in [3.05, 3.63) is 76.3 Å². The van der Waals surface area contributed by atoms with Gasteiger partial charge in [0.15, 0.2) is 0 Å². The molecule has 0 aliphatic carbocycles. The van der Waals surface area contributed by atoms with E-state index in [1.54, 1.807) is 0 Å². The second-order valence-corrected chi connectivity index (χ2v) is 6.59. The fourth-order valence-corrected chi connectivity index (χ4v) is 3.34. The van der Waals surface area contributed by atoms with Gasteiger partial charge in [-0.2, -0.15) is 0 Å². The van der Waals surface area contributed by atoms with Crippen molar-refractivity contribution in [2.45, 2.75) is 45.7 Å². The Morgan fingerprint density at radius 2 is 1.77 bits per heavy atom. The highest BCUT2D eigenvalue weighted by atomic mass is 16.1. The fraction of sp³-hybridized carbons (Fsp3) is 0.364. The largest absolute Gasteiger partial charge is 0.307 e. The van der Waals surface area contributed by atoms with Gasteiger partial charge in [0, 0.05) is 6.54 Å². The lowest BCUT2D eigenvalue weighted by molar-refractivity contribution is 0.459. The molecule has 0 saturated heterocycles. The molecule has 1 N–H and O–H groups in total. The van der Waals surface area contributed by atoms with Crippen molar-refractivity contribution < 1.29 is 0 Å². The van der Waals surface area contributed by atoms with Gasteiger partial charge < -0.3 is 5.32 Å². The molecular weight excluding hydrogens is 322 g/mol. The summed E-state index contributed by atoms with van der Waals surface area (Å²) >= 11 is 0. The molecule has 136 valence electrons. The average molecular weight is 349 g/mol. The molecule has 0 saturated carbocycles. The zero-order valence-electron chi connectivity index (χ0n) is 15.6. The zero-order valence-corrected chi connectivity index (χ0v) is 15.6. The molecule has 1 atom stereocenters. The first-order valence-corrected chi connectivity index (χ1v) is 9.51. The number of fused-ring (bicyclic) bond motifs is 1. The second-order valence-electron chi connectivity index (χ2n) is 6.59. The second kappa shape index (κ2) is 8.77. The van der Waals surface area contributed by atoms with Gasteiger partial charge in [-0.25, -0.2) is 4.98 Å². The minimum atomic E-state index is 0.0655. The average Bonchev–Trinajstić information content (AvgIpc) is 2.68. The molecule has 0 spiro atoms. The van der Waals surface area contributed by atoms with E-state index in [0.717, 1.165) is 37.1 Å². The normalized spacial score (nSPS) is 12.4. The molecule has 1 aromatic heterocycles. The standard InChI is InChI=1S/C22H27N3O/c1-3-16-25-21(24-20-13-9-8-12-18(20)22(25)26)19(4-2)23-15-14-17-10-6-5-7-11-17/h5-13,19,23H,3-4,14-16H2,1-2H3/t19-/m0/s1. The van der Waals surface area contributed by atoms with E-state index in [-0.39, 0.29) is 11.6 Å². The number of aromatic nitrogens is 2. The summed E-state index contributed by atoms with van der Waals surface area (Å²) in [5, 5.41) is 4.30. The van der Waals surface area contributed by atoms with Crippen LogP contribution in [0.3, 0.4) is 0 Å². The first-order chi connectivity index (χ1) is 12.7. The van der Waals surface area contributed by atoms with Gasteiger partial charge in [0.25, 0.3) is 5.56 Å². The van der Waals surface area contributed by atoms with Crippen LogP contribution in [0.1, 0.15) is 44.1 Å². The summed E-state index contributed by atoms with van der Waals surface area (Å²) in [7, 11) is 0. The van der Waals surface area contributed by atoms with Crippen LogP contribution in [0.4, 0.5) is 0 Å². The number of hydrogen-bond donors (Lipinski definition) is 1. The summed E-state index contributed by atoms with van der Waals surface area (Å²) in [5.41, 5.74) is 2.16. The van der Waals surface area contributed by atoms with Gasteiger partial charge in [-0.3, -0.25) is 9.36 Å². The van der Waals surface area contributed by atoms with Crippen LogP contribution >= 0.6 is 0 Å². The molecule has 0 aliphatic heterocycles. The van der Waals surface area contributed by atoms with Crippen molar-refractivity contribution in [2.75, 3.05) is 6.54 Å². The molecule has 3 rings (SSSR count). The lowest BCUT2D eigenvalue weighted by Gasteiger charge is -2.21. The molecule has 0 aliphatic rings. The maximum absolute atomic E-state index is 13.0. The molecule has 0 bridgehead atoms. The highest BCUT2D eigenvalue weighted by Gasteiger charge is 2.18. The van der Waals surface area contributed by atoms with Crippen molar-refractivity contribution in [2.24, 2.45) is 0 Å². The van der Waals surface area contributed by atoms with E-state index in [0.29, 0.717) is 11.9 Å². The molecule has 0 fully saturated rings. The van der Waals surface area contributed by atoms with E-state index in [2.05, 4.69) is 43.4 Å². The molecule has 2 aromatic carbocycles. The van der Waals surface area contributed by atoms with E-state index < -0.39 is 0 Å². The summed E-state index contributed by atoms with van der Waals surface area (Å²) in [4.78, 5) is 17.8. The Morgan fingerprint density at radius 1 is 1.04 bits per heavy atom. The highest BCUT2D eigenvalue weighted by molar-refractivity contribution is 5.77. The third-order valence-corrected chi connectivity index (χ3v) is 4.71. The van der Waals surface area contributed by atoms with Crippen LogP contribution in [0, 0.1) is 0 Å². The van der Waals surface area contributed by atoms with E-state index in [4.69, 9.17) is 4.98 Å². The van der Waals surface area contributed by atoms with Crippen LogP contribution in [0.15, 0.2) is 59.4 Å². The predicted molar refractivity (Wildman–Crippen MR) is 107 cm³/mol.